The summed E-state index contributed by atoms with van der Waals surface area (Å²) in [6, 6.07) is 0. The maximum absolute atomic E-state index is 12.1. The van der Waals surface area contributed by atoms with Gasteiger partial charge >= 0.3 is 0 Å². The van der Waals surface area contributed by atoms with Gasteiger partial charge in [0.2, 0.25) is 0 Å². The Morgan fingerprint density at radius 3 is 2.65 bits per heavy atom. The average Bonchev–Trinajstić information content (AvgIpc) is 2.88. The Hall–Kier alpha value is -0.960. The van der Waals surface area contributed by atoms with E-state index in [1.807, 2.05) is 0 Å². The van der Waals surface area contributed by atoms with Gasteiger partial charge < -0.3 is 10.2 Å². The molecular weight excluding hydrogens is 278 g/mol. The van der Waals surface area contributed by atoms with E-state index in [9.17, 15) is 8.42 Å². The van der Waals surface area contributed by atoms with Crippen LogP contribution in [0, 0.1) is 0 Å². The first-order valence-electron chi connectivity index (χ1n) is 6.94. The molecule has 0 aliphatic carbocycles. The number of hydrogen-bond acceptors (Lipinski definition) is 5. The summed E-state index contributed by atoms with van der Waals surface area (Å²) >= 11 is 0. The highest BCUT2D eigenvalue weighted by atomic mass is 32.2. The lowest BCUT2D eigenvalue weighted by Gasteiger charge is -2.17. The predicted octanol–water partition coefficient (Wildman–Crippen LogP) is 0.139. The van der Waals surface area contributed by atoms with Crippen LogP contribution in [0.3, 0.4) is 0 Å². The molecule has 20 heavy (non-hydrogen) atoms. The van der Waals surface area contributed by atoms with Crippen LogP contribution in [0.15, 0.2) is 11.2 Å². The van der Waals surface area contributed by atoms with Crippen molar-refractivity contribution >= 4 is 10.0 Å². The first-order chi connectivity index (χ1) is 9.55. The molecule has 1 rings (SSSR count). The number of hydrogen-bond donors (Lipinski definition) is 3. The van der Waals surface area contributed by atoms with E-state index in [-0.39, 0.29) is 5.03 Å². The Balaban J connectivity index is 2.51. The SMILES string of the molecule is CCN(CC)CCCNS(=O)(=O)c1[nH]ncc1CNC. The van der Waals surface area contributed by atoms with E-state index in [1.165, 1.54) is 6.20 Å². The molecule has 116 valence electrons. The monoisotopic (exact) mass is 303 g/mol. The molecule has 3 N–H and O–H groups in total. The molecule has 0 saturated carbocycles. The fraction of sp³-hybridized carbons (Fsp3) is 0.750. The number of rotatable bonds is 10. The number of nitrogens with zero attached hydrogens (tertiary/aromatic N) is 2. The van der Waals surface area contributed by atoms with Crippen molar-refractivity contribution in [2.45, 2.75) is 31.8 Å². The third-order valence-corrected chi connectivity index (χ3v) is 4.63. The molecule has 0 unspecified atom stereocenters. The van der Waals surface area contributed by atoms with E-state index in [1.54, 1.807) is 7.05 Å². The van der Waals surface area contributed by atoms with Crippen LogP contribution in [0.1, 0.15) is 25.8 Å². The normalized spacial score (nSPS) is 12.2. The zero-order valence-electron chi connectivity index (χ0n) is 12.4. The van der Waals surface area contributed by atoms with Gasteiger partial charge in [-0.2, -0.15) is 5.10 Å². The molecule has 0 radical (unpaired) electrons. The summed E-state index contributed by atoms with van der Waals surface area (Å²) in [5, 5.41) is 9.42. The van der Waals surface area contributed by atoms with E-state index in [0.29, 0.717) is 18.7 Å². The van der Waals surface area contributed by atoms with Gasteiger partial charge in [-0.1, -0.05) is 13.8 Å². The number of sulfonamides is 1. The lowest BCUT2D eigenvalue weighted by atomic mass is 10.4. The summed E-state index contributed by atoms with van der Waals surface area (Å²) in [6.07, 6.45) is 2.32. The smallest absolute Gasteiger partial charge is 0.257 e. The van der Waals surface area contributed by atoms with Crippen LogP contribution in [0.2, 0.25) is 0 Å². The van der Waals surface area contributed by atoms with Crippen LogP contribution in [0.4, 0.5) is 0 Å². The van der Waals surface area contributed by atoms with Gasteiger partial charge in [-0.3, -0.25) is 5.10 Å². The van der Waals surface area contributed by atoms with Gasteiger partial charge in [0.25, 0.3) is 10.0 Å². The first-order valence-corrected chi connectivity index (χ1v) is 8.42. The van der Waals surface area contributed by atoms with Crippen LogP contribution in [0.5, 0.6) is 0 Å². The van der Waals surface area contributed by atoms with E-state index in [0.717, 1.165) is 26.1 Å². The van der Waals surface area contributed by atoms with Gasteiger partial charge in [-0.15, -0.1) is 0 Å². The number of H-pyrrole nitrogens is 1. The molecule has 0 aliphatic heterocycles. The summed E-state index contributed by atoms with van der Waals surface area (Å²) in [7, 11) is -1.74. The molecule has 8 heteroatoms. The minimum atomic E-state index is -3.51. The van der Waals surface area contributed by atoms with Crippen molar-refractivity contribution < 1.29 is 8.42 Å². The van der Waals surface area contributed by atoms with Gasteiger partial charge in [-0.25, -0.2) is 13.1 Å². The van der Waals surface area contributed by atoms with Gasteiger partial charge in [0.1, 0.15) is 0 Å². The lowest BCUT2D eigenvalue weighted by Crippen LogP contribution is -2.30. The van der Waals surface area contributed by atoms with Crippen molar-refractivity contribution in [1.82, 2.24) is 25.1 Å². The van der Waals surface area contributed by atoms with Gasteiger partial charge in [0.15, 0.2) is 5.03 Å². The minimum absolute atomic E-state index is 0.148. The van der Waals surface area contributed by atoms with Gasteiger partial charge in [0.05, 0.1) is 6.20 Å². The fourth-order valence-electron chi connectivity index (χ4n) is 1.97. The second-order valence-electron chi connectivity index (χ2n) is 4.53. The summed E-state index contributed by atoms with van der Waals surface area (Å²) in [5.74, 6) is 0. The van der Waals surface area contributed by atoms with Crippen LogP contribution in [-0.2, 0) is 16.6 Å². The molecule has 0 spiro atoms. The third-order valence-electron chi connectivity index (χ3n) is 3.15. The van der Waals surface area contributed by atoms with E-state index < -0.39 is 10.0 Å². The largest absolute Gasteiger partial charge is 0.316 e. The van der Waals surface area contributed by atoms with E-state index in [4.69, 9.17) is 0 Å². The standard InChI is InChI=1S/C12H25N5O2S/c1-4-17(5-2)8-6-7-15-20(18,19)12-11(9-13-3)10-14-16-12/h10,13,15H,4-9H2,1-3H3,(H,14,16). The van der Waals surface area contributed by atoms with Crippen molar-refractivity contribution in [1.29, 1.82) is 0 Å². The molecule has 0 aliphatic rings. The molecule has 0 fully saturated rings. The zero-order chi connectivity index (χ0) is 15.0. The first kappa shape index (κ1) is 17.1. The molecule has 1 aromatic heterocycles. The third kappa shape index (κ3) is 4.86. The molecular formula is C12H25N5O2S. The highest BCUT2D eigenvalue weighted by molar-refractivity contribution is 7.89. The van der Waals surface area contributed by atoms with Crippen molar-refractivity contribution in [2.24, 2.45) is 0 Å². The van der Waals surface area contributed by atoms with Crippen molar-refractivity contribution in [3.63, 3.8) is 0 Å². The molecule has 7 nitrogen and oxygen atoms in total. The second kappa shape index (κ2) is 8.35. The molecule has 0 amide bonds. The van der Waals surface area contributed by atoms with E-state index in [2.05, 4.69) is 39.0 Å². The van der Waals surface area contributed by atoms with Crippen molar-refractivity contribution in [2.75, 3.05) is 33.2 Å². The van der Waals surface area contributed by atoms with E-state index >= 15 is 0 Å². The fourth-order valence-corrected chi connectivity index (χ4v) is 3.17. The number of aromatic amines is 1. The zero-order valence-corrected chi connectivity index (χ0v) is 13.3. The minimum Gasteiger partial charge on any atom is -0.316 e. The average molecular weight is 303 g/mol. The Morgan fingerprint density at radius 2 is 2.05 bits per heavy atom. The Labute approximate surface area is 121 Å². The summed E-state index contributed by atoms with van der Waals surface area (Å²) in [5.41, 5.74) is 0.642. The number of nitrogens with one attached hydrogen (secondary N) is 3. The highest BCUT2D eigenvalue weighted by Gasteiger charge is 2.19. The quantitative estimate of drug-likeness (QED) is 0.535. The summed E-state index contributed by atoms with van der Waals surface area (Å²) in [6.45, 7) is 7.95. The van der Waals surface area contributed by atoms with Crippen molar-refractivity contribution in [3.8, 4) is 0 Å². The van der Waals surface area contributed by atoms with Gasteiger partial charge in [0, 0.05) is 18.7 Å². The Kier molecular flexibility index (Phi) is 7.14. The molecule has 1 heterocycles. The van der Waals surface area contributed by atoms with Gasteiger partial charge in [-0.05, 0) is 33.1 Å². The topological polar surface area (TPSA) is 90.1 Å². The highest BCUT2D eigenvalue weighted by Crippen LogP contribution is 2.11. The van der Waals surface area contributed by atoms with Crippen molar-refractivity contribution in [3.05, 3.63) is 11.8 Å². The summed E-state index contributed by atoms with van der Waals surface area (Å²) in [4.78, 5) is 2.26. The Bertz CT molecular complexity index is 482. The molecule has 0 bridgehead atoms. The number of aromatic nitrogens is 2. The van der Waals surface area contributed by atoms with Crippen LogP contribution in [0.25, 0.3) is 0 Å². The van der Waals surface area contributed by atoms with Crippen LogP contribution < -0.4 is 10.0 Å². The molecule has 1 aromatic rings. The molecule has 0 aromatic carbocycles. The van der Waals surface area contributed by atoms with Crippen LogP contribution >= 0.6 is 0 Å². The lowest BCUT2D eigenvalue weighted by molar-refractivity contribution is 0.300. The Morgan fingerprint density at radius 1 is 1.35 bits per heavy atom. The molecule has 0 saturated heterocycles. The second-order valence-corrected chi connectivity index (χ2v) is 6.24. The molecule has 0 atom stereocenters. The van der Waals surface area contributed by atoms with Crippen LogP contribution in [-0.4, -0.2) is 56.7 Å². The summed E-state index contributed by atoms with van der Waals surface area (Å²) < 4.78 is 26.9. The maximum atomic E-state index is 12.1. The maximum Gasteiger partial charge on any atom is 0.257 e. The predicted molar refractivity (Wildman–Crippen MR) is 78.9 cm³/mol.